The van der Waals surface area contributed by atoms with Crippen molar-refractivity contribution in [3.05, 3.63) is 83.9 Å². The third-order valence-corrected chi connectivity index (χ3v) is 8.22. The number of hydrogen-bond donors (Lipinski definition) is 1. The Morgan fingerprint density at radius 3 is 2.00 bits per heavy atom. The Labute approximate surface area is 243 Å². The number of rotatable bonds is 13. The zero-order valence-corrected chi connectivity index (χ0v) is 25.3. The average molecular weight is 582 g/mol. The molecule has 0 heterocycles. The maximum atomic E-state index is 14.0. The predicted molar refractivity (Wildman–Crippen MR) is 160 cm³/mol. The summed E-state index contributed by atoms with van der Waals surface area (Å²) < 4.78 is 39.7. The number of carbonyl (C=O) groups excluding carboxylic acids is 2. The Kier molecular flexibility index (Phi) is 10.8. The van der Waals surface area contributed by atoms with E-state index in [1.165, 1.54) is 17.0 Å². The van der Waals surface area contributed by atoms with Gasteiger partial charge in [-0.05, 0) is 88.7 Å². The molecule has 0 saturated carbocycles. The Balaban J connectivity index is 2.02. The second kappa shape index (κ2) is 14.0. The van der Waals surface area contributed by atoms with Crippen LogP contribution in [-0.2, 0) is 26.2 Å². The molecule has 1 atom stereocenters. The Morgan fingerprint density at radius 2 is 1.46 bits per heavy atom. The van der Waals surface area contributed by atoms with E-state index in [-0.39, 0.29) is 23.4 Å². The van der Waals surface area contributed by atoms with Crippen molar-refractivity contribution in [1.82, 2.24) is 10.2 Å². The normalized spacial score (nSPS) is 12.0. The van der Waals surface area contributed by atoms with Crippen LogP contribution in [0.3, 0.4) is 0 Å². The van der Waals surface area contributed by atoms with E-state index in [9.17, 15) is 18.0 Å². The minimum absolute atomic E-state index is 0.0529. The van der Waals surface area contributed by atoms with Crippen molar-refractivity contribution in [3.63, 3.8) is 0 Å². The summed E-state index contributed by atoms with van der Waals surface area (Å²) in [6, 6.07) is 19.1. The topological polar surface area (TPSA) is 105 Å². The van der Waals surface area contributed by atoms with E-state index >= 15 is 0 Å². The van der Waals surface area contributed by atoms with Gasteiger partial charge in [-0.25, -0.2) is 8.42 Å². The van der Waals surface area contributed by atoms with E-state index in [4.69, 9.17) is 9.47 Å². The fourth-order valence-corrected chi connectivity index (χ4v) is 5.57. The van der Waals surface area contributed by atoms with Crippen LogP contribution in [0.4, 0.5) is 5.69 Å². The number of methoxy groups -OCH3 is 1. The fraction of sp³-hybridized carbons (Fsp3) is 0.355. The van der Waals surface area contributed by atoms with Crippen LogP contribution in [0.15, 0.2) is 77.7 Å². The van der Waals surface area contributed by atoms with Crippen LogP contribution in [0, 0.1) is 6.92 Å². The standard InChI is InChI=1S/C31H39N3O6S/c1-7-40-28-16-12-26(13-17-28)34(41(37,38)29-18-8-23(4)9-19-29)21-30(35)33(24(5)31(36)32-22(2)3)20-25-10-14-27(39-6)15-11-25/h8-19,22,24H,7,20-21H2,1-6H3,(H,32,36)/t24-/m1/s1. The van der Waals surface area contributed by atoms with Crippen molar-refractivity contribution in [1.29, 1.82) is 0 Å². The van der Waals surface area contributed by atoms with E-state index in [0.717, 1.165) is 15.4 Å². The summed E-state index contributed by atoms with van der Waals surface area (Å²) in [6.45, 7) is 9.06. The van der Waals surface area contributed by atoms with E-state index in [1.54, 1.807) is 74.7 Å². The lowest BCUT2D eigenvalue weighted by atomic mass is 10.1. The second-order valence-electron chi connectivity index (χ2n) is 9.96. The SMILES string of the molecule is CCOc1ccc(N(CC(=O)N(Cc2ccc(OC)cc2)[C@H](C)C(=O)NC(C)C)S(=O)(=O)c2ccc(C)cc2)cc1. The lowest BCUT2D eigenvalue weighted by Crippen LogP contribution is -2.52. The van der Waals surface area contributed by atoms with Crippen molar-refractivity contribution < 1.29 is 27.5 Å². The van der Waals surface area contributed by atoms with Crippen LogP contribution in [0.25, 0.3) is 0 Å². The molecule has 41 heavy (non-hydrogen) atoms. The van der Waals surface area contributed by atoms with Gasteiger partial charge in [0.05, 0.1) is 24.3 Å². The van der Waals surface area contributed by atoms with Crippen molar-refractivity contribution in [2.45, 2.75) is 58.1 Å². The first-order valence-electron chi connectivity index (χ1n) is 13.5. The molecule has 3 aromatic carbocycles. The van der Waals surface area contributed by atoms with E-state index in [0.29, 0.717) is 23.8 Å². The number of aryl methyl sites for hydroxylation is 1. The maximum Gasteiger partial charge on any atom is 0.264 e. The molecular formula is C31H39N3O6S. The molecule has 3 aromatic rings. The summed E-state index contributed by atoms with van der Waals surface area (Å²) in [5, 5.41) is 2.85. The van der Waals surface area contributed by atoms with Gasteiger partial charge in [-0.1, -0.05) is 29.8 Å². The summed E-state index contributed by atoms with van der Waals surface area (Å²) in [5.74, 6) is 0.367. The molecule has 0 aliphatic carbocycles. The average Bonchev–Trinajstić information content (AvgIpc) is 2.95. The number of benzene rings is 3. The van der Waals surface area contributed by atoms with Gasteiger partial charge in [0.15, 0.2) is 0 Å². The summed E-state index contributed by atoms with van der Waals surface area (Å²) in [6.07, 6.45) is 0. The Bertz CT molecular complexity index is 1410. The monoisotopic (exact) mass is 581 g/mol. The molecule has 2 amide bonds. The van der Waals surface area contributed by atoms with Crippen LogP contribution in [0.5, 0.6) is 11.5 Å². The summed E-state index contributed by atoms with van der Waals surface area (Å²) in [5.41, 5.74) is 1.96. The van der Waals surface area contributed by atoms with Crippen molar-refractivity contribution in [2.75, 3.05) is 24.6 Å². The van der Waals surface area contributed by atoms with Gasteiger partial charge in [-0.3, -0.25) is 13.9 Å². The van der Waals surface area contributed by atoms with E-state index in [1.807, 2.05) is 27.7 Å². The van der Waals surface area contributed by atoms with E-state index in [2.05, 4.69) is 5.32 Å². The third kappa shape index (κ3) is 8.23. The fourth-order valence-electron chi connectivity index (χ4n) is 4.16. The first-order chi connectivity index (χ1) is 19.5. The highest BCUT2D eigenvalue weighted by atomic mass is 32.2. The number of anilines is 1. The number of hydrogen-bond acceptors (Lipinski definition) is 6. The molecule has 220 valence electrons. The van der Waals surface area contributed by atoms with Gasteiger partial charge in [-0.15, -0.1) is 0 Å². The van der Waals surface area contributed by atoms with Gasteiger partial charge in [-0.2, -0.15) is 0 Å². The number of nitrogens with zero attached hydrogens (tertiary/aromatic N) is 2. The molecule has 0 spiro atoms. The molecule has 10 heteroatoms. The molecule has 1 N–H and O–H groups in total. The van der Waals surface area contributed by atoms with Crippen LogP contribution in [-0.4, -0.2) is 57.5 Å². The van der Waals surface area contributed by atoms with Crippen molar-refractivity contribution in [2.24, 2.45) is 0 Å². The largest absolute Gasteiger partial charge is 0.497 e. The van der Waals surface area contributed by atoms with Crippen LogP contribution in [0.1, 0.15) is 38.8 Å². The summed E-state index contributed by atoms with van der Waals surface area (Å²) in [7, 11) is -2.58. The Hall–Kier alpha value is -4.05. The zero-order valence-electron chi connectivity index (χ0n) is 24.5. The maximum absolute atomic E-state index is 14.0. The van der Waals surface area contributed by atoms with Gasteiger partial charge in [0.2, 0.25) is 11.8 Å². The Morgan fingerprint density at radius 1 is 0.878 bits per heavy atom. The van der Waals surface area contributed by atoms with Crippen molar-refractivity contribution >= 4 is 27.5 Å². The molecule has 0 bridgehead atoms. The first kappa shape index (κ1) is 31.5. The molecule has 0 fully saturated rings. The van der Waals surface area contributed by atoms with Gasteiger partial charge in [0.25, 0.3) is 10.0 Å². The molecule has 3 rings (SSSR count). The second-order valence-corrected chi connectivity index (χ2v) is 11.8. The quantitative estimate of drug-likeness (QED) is 0.318. The number of nitrogens with one attached hydrogen (secondary N) is 1. The smallest absolute Gasteiger partial charge is 0.264 e. The molecule has 0 unspecified atom stereocenters. The lowest BCUT2D eigenvalue weighted by Gasteiger charge is -2.32. The summed E-state index contributed by atoms with van der Waals surface area (Å²) in [4.78, 5) is 28.4. The molecular weight excluding hydrogens is 542 g/mol. The number of carbonyl (C=O) groups is 2. The zero-order chi connectivity index (χ0) is 30.2. The van der Waals surface area contributed by atoms with Gasteiger partial charge in [0.1, 0.15) is 24.1 Å². The van der Waals surface area contributed by atoms with E-state index < -0.39 is 28.5 Å². The van der Waals surface area contributed by atoms with Gasteiger partial charge < -0.3 is 19.7 Å². The number of amides is 2. The minimum atomic E-state index is -4.14. The van der Waals surface area contributed by atoms with Gasteiger partial charge in [0, 0.05) is 12.6 Å². The molecule has 0 saturated heterocycles. The van der Waals surface area contributed by atoms with Crippen LogP contribution < -0.4 is 19.1 Å². The summed E-state index contributed by atoms with van der Waals surface area (Å²) >= 11 is 0. The molecule has 0 radical (unpaired) electrons. The molecule has 9 nitrogen and oxygen atoms in total. The van der Waals surface area contributed by atoms with Crippen LogP contribution >= 0.6 is 0 Å². The first-order valence-corrected chi connectivity index (χ1v) is 14.9. The highest BCUT2D eigenvalue weighted by Gasteiger charge is 2.32. The van der Waals surface area contributed by atoms with Gasteiger partial charge >= 0.3 is 0 Å². The number of sulfonamides is 1. The molecule has 0 aliphatic rings. The lowest BCUT2D eigenvalue weighted by molar-refractivity contribution is -0.139. The van der Waals surface area contributed by atoms with Crippen LogP contribution in [0.2, 0.25) is 0 Å². The third-order valence-electron chi connectivity index (χ3n) is 6.43. The molecule has 0 aliphatic heterocycles. The molecule has 0 aromatic heterocycles. The minimum Gasteiger partial charge on any atom is -0.497 e. The van der Waals surface area contributed by atoms with Crippen molar-refractivity contribution in [3.8, 4) is 11.5 Å². The highest BCUT2D eigenvalue weighted by molar-refractivity contribution is 7.92. The number of ether oxygens (including phenoxy) is 2. The predicted octanol–water partition coefficient (Wildman–Crippen LogP) is 4.54. The highest BCUT2D eigenvalue weighted by Crippen LogP contribution is 2.27.